The molecule has 0 spiro atoms. The predicted octanol–water partition coefficient (Wildman–Crippen LogP) is 1.76. The number of hydrogen-bond acceptors (Lipinski definition) is 3. The van der Waals surface area contributed by atoms with Gasteiger partial charge in [0.05, 0.1) is 12.9 Å². The number of fused-ring (bicyclic) bond motifs is 1. The number of piperidine rings is 1. The molecular formula is C14H19NO3S. The Labute approximate surface area is 114 Å². The second kappa shape index (κ2) is 4.80. The Hall–Kier alpha value is -1.07. The van der Waals surface area contributed by atoms with Gasteiger partial charge in [-0.2, -0.15) is 0 Å². The number of ether oxygens (including phenoxy) is 1. The summed E-state index contributed by atoms with van der Waals surface area (Å²) < 4.78 is 30.1. The van der Waals surface area contributed by atoms with Crippen LogP contribution in [0.5, 0.6) is 5.75 Å². The molecule has 4 nitrogen and oxygen atoms in total. The molecule has 0 unspecified atom stereocenters. The molecule has 5 heteroatoms. The van der Waals surface area contributed by atoms with Gasteiger partial charge < -0.3 is 4.74 Å². The lowest BCUT2D eigenvalue weighted by Gasteiger charge is -2.30. The molecule has 19 heavy (non-hydrogen) atoms. The van der Waals surface area contributed by atoms with Crippen LogP contribution in [0.3, 0.4) is 0 Å². The van der Waals surface area contributed by atoms with Crippen molar-refractivity contribution in [3.63, 3.8) is 0 Å². The Balaban J connectivity index is 1.72. The average molecular weight is 281 g/mol. The normalized spacial score (nSPS) is 21.1. The minimum Gasteiger partial charge on any atom is -0.493 e. The summed E-state index contributed by atoms with van der Waals surface area (Å²) in [6.45, 7) is 2.06. The van der Waals surface area contributed by atoms with Gasteiger partial charge in [0.1, 0.15) is 5.75 Å². The molecule has 2 aliphatic heterocycles. The highest BCUT2D eigenvalue weighted by atomic mass is 32.2. The van der Waals surface area contributed by atoms with Crippen LogP contribution in [0.15, 0.2) is 18.2 Å². The number of sulfonamides is 1. The molecular weight excluding hydrogens is 262 g/mol. The summed E-state index contributed by atoms with van der Waals surface area (Å²) in [5, 5.41) is 0. The van der Waals surface area contributed by atoms with Crippen LogP contribution in [-0.4, -0.2) is 38.7 Å². The van der Waals surface area contributed by atoms with Crippen molar-refractivity contribution in [2.24, 2.45) is 0 Å². The SMILES string of the molecule is CS(=O)(=O)N1CCC(c2ccc3c(c2)CCO3)CC1. The fourth-order valence-electron chi connectivity index (χ4n) is 2.98. The van der Waals surface area contributed by atoms with E-state index in [-0.39, 0.29) is 0 Å². The molecule has 0 atom stereocenters. The van der Waals surface area contributed by atoms with Gasteiger partial charge >= 0.3 is 0 Å². The summed E-state index contributed by atoms with van der Waals surface area (Å²) in [7, 11) is -3.03. The standard InChI is InChI=1S/C14H19NO3S/c1-19(16,17)15-7-4-11(5-8-15)12-2-3-14-13(10-12)6-9-18-14/h2-3,10-11H,4-9H2,1H3. The van der Waals surface area contributed by atoms with E-state index in [0.29, 0.717) is 19.0 Å². The molecule has 2 aliphatic rings. The van der Waals surface area contributed by atoms with Gasteiger partial charge in [-0.15, -0.1) is 0 Å². The molecule has 1 saturated heterocycles. The van der Waals surface area contributed by atoms with Crippen molar-refractivity contribution in [3.8, 4) is 5.75 Å². The van der Waals surface area contributed by atoms with Crippen molar-refractivity contribution in [1.82, 2.24) is 4.31 Å². The first kappa shape index (κ1) is 12.9. The van der Waals surface area contributed by atoms with E-state index < -0.39 is 10.0 Å². The quantitative estimate of drug-likeness (QED) is 0.830. The van der Waals surface area contributed by atoms with Crippen LogP contribution in [0.1, 0.15) is 29.9 Å². The molecule has 2 heterocycles. The Morgan fingerprint density at radius 3 is 2.68 bits per heavy atom. The van der Waals surface area contributed by atoms with Crippen LogP contribution >= 0.6 is 0 Å². The van der Waals surface area contributed by atoms with E-state index in [4.69, 9.17) is 4.74 Å². The van der Waals surface area contributed by atoms with Crippen LogP contribution in [0.2, 0.25) is 0 Å². The fourth-order valence-corrected chi connectivity index (χ4v) is 3.86. The predicted molar refractivity (Wildman–Crippen MR) is 74.0 cm³/mol. The van der Waals surface area contributed by atoms with Crippen LogP contribution in [0, 0.1) is 0 Å². The molecule has 1 fully saturated rings. The summed E-state index contributed by atoms with van der Waals surface area (Å²) in [6.07, 6.45) is 4.10. The first-order chi connectivity index (χ1) is 9.04. The maximum Gasteiger partial charge on any atom is 0.211 e. The maximum atomic E-state index is 11.5. The minimum absolute atomic E-state index is 0.476. The van der Waals surface area contributed by atoms with Crippen molar-refractivity contribution in [2.45, 2.75) is 25.2 Å². The van der Waals surface area contributed by atoms with Gasteiger partial charge in [-0.1, -0.05) is 12.1 Å². The molecule has 0 bridgehead atoms. The first-order valence-electron chi connectivity index (χ1n) is 6.75. The summed E-state index contributed by atoms with van der Waals surface area (Å²) in [4.78, 5) is 0. The summed E-state index contributed by atoms with van der Waals surface area (Å²) >= 11 is 0. The summed E-state index contributed by atoms with van der Waals surface area (Å²) in [5.74, 6) is 1.49. The van der Waals surface area contributed by atoms with Crippen LogP contribution in [0.4, 0.5) is 0 Å². The molecule has 0 aromatic heterocycles. The lowest BCUT2D eigenvalue weighted by Crippen LogP contribution is -2.37. The molecule has 1 aromatic rings. The van der Waals surface area contributed by atoms with Crippen LogP contribution in [0.25, 0.3) is 0 Å². The third-order valence-corrected chi connectivity index (χ3v) is 5.41. The zero-order valence-corrected chi connectivity index (χ0v) is 11.9. The number of nitrogens with zero attached hydrogens (tertiary/aromatic N) is 1. The molecule has 3 rings (SSSR count). The topological polar surface area (TPSA) is 46.6 Å². The molecule has 0 radical (unpaired) electrons. The monoisotopic (exact) mass is 281 g/mol. The second-order valence-corrected chi connectivity index (χ2v) is 7.38. The van der Waals surface area contributed by atoms with Gasteiger partial charge in [-0.25, -0.2) is 12.7 Å². The largest absolute Gasteiger partial charge is 0.493 e. The van der Waals surface area contributed by atoms with Crippen molar-refractivity contribution in [2.75, 3.05) is 26.0 Å². The third-order valence-electron chi connectivity index (χ3n) is 4.11. The lowest BCUT2D eigenvalue weighted by molar-refractivity contribution is 0.321. The Morgan fingerprint density at radius 1 is 1.26 bits per heavy atom. The molecule has 0 aliphatic carbocycles. The van der Waals surface area contributed by atoms with Gasteiger partial charge in [0, 0.05) is 19.5 Å². The van der Waals surface area contributed by atoms with Gasteiger partial charge in [-0.05, 0) is 36.0 Å². The van der Waals surface area contributed by atoms with Gasteiger partial charge in [0.2, 0.25) is 10.0 Å². The molecule has 0 saturated carbocycles. The van der Waals surface area contributed by atoms with E-state index in [1.54, 1.807) is 4.31 Å². The molecule has 0 amide bonds. The van der Waals surface area contributed by atoms with E-state index in [1.165, 1.54) is 17.4 Å². The second-order valence-electron chi connectivity index (χ2n) is 5.40. The highest BCUT2D eigenvalue weighted by Crippen LogP contribution is 2.33. The Bertz CT molecular complexity index is 574. The zero-order chi connectivity index (χ0) is 13.5. The van der Waals surface area contributed by atoms with Gasteiger partial charge in [0.25, 0.3) is 0 Å². The number of hydrogen-bond donors (Lipinski definition) is 0. The van der Waals surface area contributed by atoms with Crippen LogP contribution < -0.4 is 4.74 Å². The Kier molecular flexibility index (Phi) is 3.27. The van der Waals surface area contributed by atoms with E-state index in [0.717, 1.165) is 31.6 Å². The highest BCUT2D eigenvalue weighted by Gasteiger charge is 2.26. The highest BCUT2D eigenvalue weighted by molar-refractivity contribution is 7.88. The van der Waals surface area contributed by atoms with E-state index >= 15 is 0 Å². The first-order valence-corrected chi connectivity index (χ1v) is 8.59. The summed E-state index contributed by atoms with van der Waals surface area (Å²) in [5.41, 5.74) is 2.63. The van der Waals surface area contributed by atoms with E-state index in [1.807, 2.05) is 0 Å². The molecule has 1 aromatic carbocycles. The zero-order valence-electron chi connectivity index (χ0n) is 11.1. The van der Waals surface area contributed by atoms with Crippen molar-refractivity contribution < 1.29 is 13.2 Å². The molecule has 0 N–H and O–H groups in total. The average Bonchev–Trinajstić information content (AvgIpc) is 2.85. The minimum atomic E-state index is -3.03. The van der Waals surface area contributed by atoms with Crippen molar-refractivity contribution in [1.29, 1.82) is 0 Å². The summed E-state index contributed by atoms with van der Waals surface area (Å²) in [6, 6.07) is 6.43. The third kappa shape index (κ3) is 2.62. The molecule has 104 valence electrons. The smallest absolute Gasteiger partial charge is 0.211 e. The van der Waals surface area contributed by atoms with E-state index in [9.17, 15) is 8.42 Å². The van der Waals surface area contributed by atoms with Gasteiger partial charge in [-0.3, -0.25) is 0 Å². The lowest BCUT2D eigenvalue weighted by atomic mass is 9.89. The number of benzene rings is 1. The van der Waals surface area contributed by atoms with E-state index in [2.05, 4.69) is 18.2 Å². The fraction of sp³-hybridized carbons (Fsp3) is 0.571. The Morgan fingerprint density at radius 2 is 2.00 bits per heavy atom. The van der Waals surface area contributed by atoms with Crippen LogP contribution in [-0.2, 0) is 16.4 Å². The maximum absolute atomic E-state index is 11.5. The number of rotatable bonds is 2. The van der Waals surface area contributed by atoms with Gasteiger partial charge in [0.15, 0.2) is 0 Å². The van der Waals surface area contributed by atoms with Crippen molar-refractivity contribution in [3.05, 3.63) is 29.3 Å². The van der Waals surface area contributed by atoms with Crippen molar-refractivity contribution >= 4 is 10.0 Å².